The number of halogens is 7. The van der Waals surface area contributed by atoms with E-state index in [4.69, 9.17) is 4.55 Å². The Morgan fingerprint density at radius 2 is 1.59 bits per heavy atom. The van der Waals surface area contributed by atoms with E-state index in [2.05, 4.69) is 16.1 Å². The van der Waals surface area contributed by atoms with Crippen molar-refractivity contribution in [3.63, 3.8) is 0 Å². The van der Waals surface area contributed by atoms with Crippen LogP contribution in [0.3, 0.4) is 0 Å². The first-order chi connectivity index (χ1) is 12.8. The second-order valence-electron chi connectivity index (χ2n) is 5.51. The number of carbonyl (C=O) groups is 2. The molecule has 0 aromatic carbocycles. The van der Waals surface area contributed by atoms with Crippen LogP contribution in [0, 0.1) is 0 Å². The topological polar surface area (TPSA) is 119 Å². The Hall–Kier alpha value is -1.94. The van der Waals surface area contributed by atoms with Gasteiger partial charge in [0.15, 0.2) is 0 Å². The van der Waals surface area contributed by atoms with Crippen LogP contribution in [-0.4, -0.2) is 61.6 Å². The first-order valence-electron chi connectivity index (χ1n) is 7.31. The molecule has 16 heteroatoms. The smallest absolute Gasteiger partial charge is 0.412 e. The van der Waals surface area contributed by atoms with Crippen LogP contribution in [0.15, 0.2) is 12.2 Å². The molecule has 0 aliphatic rings. The molecule has 0 radical (unpaired) electrons. The molecule has 0 bridgehead atoms. The summed E-state index contributed by atoms with van der Waals surface area (Å²) >= 11 is 0. The lowest BCUT2D eigenvalue weighted by atomic mass is 10.2. The highest BCUT2D eigenvalue weighted by Gasteiger charge is 2.67. The van der Waals surface area contributed by atoms with Crippen LogP contribution in [0.4, 0.5) is 30.7 Å². The van der Waals surface area contributed by atoms with E-state index in [1.165, 1.54) is 5.32 Å². The summed E-state index contributed by atoms with van der Waals surface area (Å²) in [6.45, 7) is 2.41. The van der Waals surface area contributed by atoms with E-state index in [9.17, 15) is 48.7 Å². The van der Waals surface area contributed by atoms with Gasteiger partial charge in [0.1, 0.15) is 0 Å². The number of carbonyl (C=O) groups excluding carboxylic acids is 2. The predicted molar refractivity (Wildman–Crippen MR) is 80.4 cm³/mol. The zero-order valence-electron chi connectivity index (χ0n) is 14.8. The van der Waals surface area contributed by atoms with Crippen molar-refractivity contribution in [2.24, 2.45) is 0 Å². The number of alkyl halides is 7. The number of amides is 1. The second-order valence-corrected chi connectivity index (χ2v) is 6.97. The molecule has 0 aromatic rings. The molecule has 0 aliphatic carbocycles. The summed E-state index contributed by atoms with van der Waals surface area (Å²) in [7, 11) is -5.84. The SMILES string of the molecule is C=C(C)C(=O)OC(OCCCC(F)(F)C(F)(F)S(=O)(=O)O)(C(=O)NC)C(F)(F)F. The largest absolute Gasteiger partial charge is 0.466 e. The van der Waals surface area contributed by atoms with Gasteiger partial charge in [0.25, 0.3) is 0 Å². The van der Waals surface area contributed by atoms with Crippen LogP contribution < -0.4 is 5.32 Å². The van der Waals surface area contributed by atoms with Crippen LogP contribution in [0.25, 0.3) is 0 Å². The van der Waals surface area contributed by atoms with Gasteiger partial charge in [-0.05, 0) is 13.3 Å². The van der Waals surface area contributed by atoms with Crippen molar-refractivity contribution in [1.29, 1.82) is 0 Å². The third-order valence-electron chi connectivity index (χ3n) is 3.17. The van der Waals surface area contributed by atoms with E-state index in [0.29, 0.717) is 7.05 Å². The third-order valence-corrected chi connectivity index (χ3v) is 4.12. The van der Waals surface area contributed by atoms with Crippen molar-refractivity contribution in [3.05, 3.63) is 12.2 Å². The van der Waals surface area contributed by atoms with Crippen molar-refractivity contribution in [1.82, 2.24) is 5.32 Å². The Labute approximate surface area is 159 Å². The Balaban J connectivity index is 5.58. The molecule has 29 heavy (non-hydrogen) atoms. The van der Waals surface area contributed by atoms with Crippen LogP contribution in [0.1, 0.15) is 19.8 Å². The van der Waals surface area contributed by atoms with E-state index in [0.717, 1.165) is 6.92 Å². The molecule has 0 aromatic heterocycles. The van der Waals surface area contributed by atoms with Gasteiger partial charge in [0.05, 0.1) is 6.61 Å². The van der Waals surface area contributed by atoms with Gasteiger partial charge in [-0.3, -0.25) is 9.35 Å². The first kappa shape index (κ1) is 27.1. The maximum absolute atomic E-state index is 13.4. The van der Waals surface area contributed by atoms with Gasteiger partial charge < -0.3 is 14.8 Å². The lowest BCUT2D eigenvalue weighted by Gasteiger charge is -2.33. The summed E-state index contributed by atoms with van der Waals surface area (Å²) in [6, 6.07) is 0. The quantitative estimate of drug-likeness (QED) is 0.127. The highest BCUT2D eigenvalue weighted by Crippen LogP contribution is 2.42. The molecule has 1 atom stereocenters. The van der Waals surface area contributed by atoms with E-state index in [1.54, 1.807) is 0 Å². The molecule has 0 fully saturated rings. The zero-order valence-corrected chi connectivity index (χ0v) is 15.6. The number of hydrogen-bond acceptors (Lipinski definition) is 6. The minimum absolute atomic E-state index is 0.592. The molecule has 8 nitrogen and oxygen atoms in total. The number of rotatable bonds is 10. The molecule has 170 valence electrons. The Bertz CT molecular complexity index is 751. The van der Waals surface area contributed by atoms with Gasteiger partial charge in [-0.15, -0.1) is 0 Å². The lowest BCUT2D eigenvalue weighted by Crippen LogP contribution is -2.61. The van der Waals surface area contributed by atoms with Crippen LogP contribution in [0.5, 0.6) is 0 Å². The molecule has 0 heterocycles. The normalized spacial score (nSPS) is 15.4. The minimum Gasteiger partial charge on any atom is -0.412 e. The number of nitrogens with one attached hydrogen (secondary N) is 1. The summed E-state index contributed by atoms with van der Waals surface area (Å²) < 4.78 is 130. The van der Waals surface area contributed by atoms with Crippen molar-refractivity contribution in [3.8, 4) is 0 Å². The molecule has 1 amide bonds. The molecule has 0 aliphatic heterocycles. The summed E-state index contributed by atoms with van der Waals surface area (Å²) in [5.74, 6) is -13.5. The van der Waals surface area contributed by atoms with Crippen molar-refractivity contribution in [2.45, 2.75) is 42.9 Å². The van der Waals surface area contributed by atoms with E-state index >= 15 is 0 Å². The maximum atomic E-state index is 13.4. The highest BCUT2D eigenvalue weighted by molar-refractivity contribution is 7.87. The number of esters is 1. The van der Waals surface area contributed by atoms with E-state index < -0.39 is 70.2 Å². The van der Waals surface area contributed by atoms with Gasteiger partial charge in [0.2, 0.25) is 0 Å². The molecular weight excluding hydrogens is 447 g/mol. The zero-order chi connectivity index (χ0) is 23.5. The Morgan fingerprint density at radius 1 is 1.10 bits per heavy atom. The number of hydrogen-bond donors (Lipinski definition) is 2. The van der Waals surface area contributed by atoms with Crippen LogP contribution >= 0.6 is 0 Å². The average Bonchev–Trinajstić information content (AvgIpc) is 2.54. The summed E-state index contributed by atoms with van der Waals surface area (Å²) in [6.07, 6.45) is -9.17. The molecule has 2 N–H and O–H groups in total. The standard InChI is InChI=1S/C13H16F7NO7S/c1-7(2)8(22)28-11(9(23)21-3,12(16,17)18)27-6-4-5-10(14,15)13(19,20)29(24,25)26/h1,4-6H2,2-3H3,(H,21,23)(H,24,25,26). The van der Waals surface area contributed by atoms with Gasteiger partial charge in [-0.25, -0.2) is 4.79 Å². The average molecular weight is 463 g/mol. The highest BCUT2D eigenvalue weighted by atomic mass is 32.2. The summed E-state index contributed by atoms with van der Waals surface area (Å²) in [5.41, 5.74) is -0.592. The van der Waals surface area contributed by atoms with E-state index in [-0.39, 0.29) is 0 Å². The minimum atomic E-state index is -6.54. The molecule has 0 saturated carbocycles. The van der Waals surface area contributed by atoms with Crippen LogP contribution in [0.2, 0.25) is 0 Å². The third kappa shape index (κ3) is 5.79. The monoisotopic (exact) mass is 463 g/mol. The molecule has 0 saturated heterocycles. The summed E-state index contributed by atoms with van der Waals surface area (Å²) in [5, 5.41) is -4.45. The second kappa shape index (κ2) is 8.83. The fourth-order valence-electron chi connectivity index (χ4n) is 1.64. The predicted octanol–water partition coefficient (Wildman–Crippen LogP) is 2.02. The summed E-state index contributed by atoms with van der Waals surface area (Å²) in [4.78, 5) is 23.1. The first-order valence-corrected chi connectivity index (χ1v) is 8.75. The fraction of sp³-hybridized carbons (Fsp3) is 0.692. The van der Waals surface area contributed by atoms with Crippen molar-refractivity contribution >= 4 is 22.0 Å². The molecule has 0 rings (SSSR count). The van der Waals surface area contributed by atoms with Crippen LogP contribution in [-0.2, 0) is 29.2 Å². The molecular formula is C13H16F7NO7S. The van der Waals surface area contributed by atoms with Gasteiger partial charge in [0, 0.05) is 19.0 Å². The van der Waals surface area contributed by atoms with Gasteiger partial charge >= 0.3 is 45.1 Å². The molecule has 0 spiro atoms. The van der Waals surface area contributed by atoms with E-state index in [1.807, 2.05) is 0 Å². The van der Waals surface area contributed by atoms with Gasteiger partial charge in [-0.1, -0.05) is 6.58 Å². The number of likely N-dealkylation sites (N-methyl/N-ethyl adjacent to an activating group) is 1. The Kier molecular flexibility index (Phi) is 8.24. The lowest BCUT2D eigenvalue weighted by molar-refractivity contribution is -0.347. The van der Waals surface area contributed by atoms with Gasteiger partial charge in [-0.2, -0.15) is 39.2 Å². The number of ether oxygens (including phenoxy) is 2. The Morgan fingerprint density at radius 3 is 1.93 bits per heavy atom. The maximum Gasteiger partial charge on any atom is 0.466 e. The fourth-order valence-corrected chi connectivity index (χ4v) is 2.12. The van der Waals surface area contributed by atoms with Crippen molar-refractivity contribution < 1.29 is 62.8 Å². The van der Waals surface area contributed by atoms with Crippen molar-refractivity contribution in [2.75, 3.05) is 13.7 Å². The molecule has 1 unspecified atom stereocenters.